The molecular weight excluding hydrogens is 294 g/mol. The van der Waals surface area contributed by atoms with E-state index in [9.17, 15) is 9.59 Å². The lowest BCUT2D eigenvalue weighted by Crippen LogP contribution is -2.44. The van der Waals surface area contributed by atoms with E-state index < -0.39 is 6.03 Å². The zero-order valence-corrected chi connectivity index (χ0v) is 12.9. The van der Waals surface area contributed by atoms with Gasteiger partial charge in [0.05, 0.1) is 18.8 Å². The molecule has 0 radical (unpaired) electrons. The third kappa shape index (κ3) is 3.36. The number of anilines is 1. The van der Waals surface area contributed by atoms with Gasteiger partial charge in [0, 0.05) is 12.2 Å². The first-order valence-electron chi connectivity index (χ1n) is 7.61. The van der Waals surface area contributed by atoms with Gasteiger partial charge in [-0.25, -0.2) is 4.79 Å². The Bertz CT molecular complexity index is 697. The molecule has 2 heterocycles. The largest absolute Gasteiger partial charge is 0.467 e. The number of carbonyl (C=O) groups excluding carboxylic acids is 2. The molecule has 2 N–H and O–H groups in total. The summed E-state index contributed by atoms with van der Waals surface area (Å²) >= 11 is 0. The number of nitrogens with zero attached hydrogens (tertiary/aromatic N) is 1. The van der Waals surface area contributed by atoms with Crippen molar-refractivity contribution in [2.75, 3.05) is 18.0 Å². The van der Waals surface area contributed by atoms with Crippen molar-refractivity contribution in [1.29, 1.82) is 0 Å². The predicted molar refractivity (Wildman–Crippen MR) is 86.2 cm³/mol. The number of para-hydroxylation sites is 1. The molecular formula is C17H19N3O3. The van der Waals surface area contributed by atoms with E-state index in [0.29, 0.717) is 12.3 Å². The maximum absolute atomic E-state index is 12.3. The number of benzene rings is 1. The number of carbonyl (C=O) groups is 2. The van der Waals surface area contributed by atoms with Crippen LogP contribution in [0.15, 0.2) is 47.1 Å². The quantitative estimate of drug-likeness (QED) is 0.909. The lowest BCUT2D eigenvalue weighted by Gasteiger charge is -2.18. The first kappa shape index (κ1) is 15.1. The molecule has 6 nitrogen and oxygen atoms in total. The Morgan fingerprint density at radius 2 is 2.09 bits per heavy atom. The molecule has 1 aliphatic heterocycles. The number of hydrogen-bond acceptors (Lipinski definition) is 3. The van der Waals surface area contributed by atoms with Gasteiger partial charge in [0.2, 0.25) is 5.91 Å². The summed E-state index contributed by atoms with van der Waals surface area (Å²) in [5, 5.41) is 5.33. The molecule has 0 saturated heterocycles. The molecule has 1 aliphatic rings. The van der Waals surface area contributed by atoms with Crippen LogP contribution in [0.2, 0.25) is 0 Å². The first-order valence-corrected chi connectivity index (χ1v) is 7.61. The fourth-order valence-electron chi connectivity index (χ4n) is 2.71. The zero-order valence-electron chi connectivity index (χ0n) is 12.9. The molecule has 6 heteroatoms. The number of furan rings is 1. The fraction of sp³-hybridized carbons (Fsp3) is 0.294. The minimum atomic E-state index is -0.394. The maximum Gasteiger partial charge on any atom is 0.315 e. The predicted octanol–water partition coefficient (Wildman–Crippen LogP) is 2.23. The van der Waals surface area contributed by atoms with Gasteiger partial charge in [-0.05, 0) is 37.1 Å². The maximum atomic E-state index is 12.3. The number of hydrogen-bond donors (Lipinski definition) is 2. The molecule has 3 amide bonds. The van der Waals surface area contributed by atoms with E-state index in [2.05, 4.69) is 10.6 Å². The lowest BCUT2D eigenvalue weighted by atomic mass is 10.2. The molecule has 0 saturated carbocycles. The monoisotopic (exact) mass is 313 g/mol. The Morgan fingerprint density at radius 1 is 1.26 bits per heavy atom. The van der Waals surface area contributed by atoms with Crippen LogP contribution >= 0.6 is 0 Å². The van der Waals surface area contributed by atoms with Crippen molar-refractivity contribution in [3.8, 4) is 0 Å². The molecule has 1 aromatic carbocycles. The van der Waals surface area contributed by atoms with Crippen LogP contribution in [0.1, 0.15) is 24.3 Å². The summed E-state index contributed by atoms with van der Waals surface area (Å²) in [6, 6.07) is 10.7. The van der Waals surface area contributed by atoms with Gasteiger partial charge in [0.15, 0.2) is 0 Å². The third-order valence-electron chi connectivity index (χ3n) is 3.91. The zero-order chi connectivity index (χ0) is 16.2. The normalized spacial score (nSPS) is 14.2. The second-order valence-electron chi connectivity index (χ2n) is 5.49. The van der Waals surface area contributed by atoms with Gasteiger partial charge in [-0.3, -0.25) is 4.79 Å². The van der Waals surface area contributed by atoms with Gasteiger partial charge < -0.3 is 20.0 Å². The molecule has 0 spiro atoms. The van der Waals surface area contributed by atoms with Crippen molar-refractivity contribution in [2.45, 2.75) is 19.4 Å². The highest BCUT2D eigenvalue weighted by Crippen LogP contribution is 2.27. The summed E-state index contributed by atoms with van der Waals surface area (Å²) in [4.78, 5) is 25.9. The van der Waals surface area contributed by atoms with Gasteiger partial charge in [-0.15, -0.1) is 0 Å². The molecule has 2 aromatic rings. The van der Waals surface area contributed by atoms with E-state index >= 15 is 0 Å². The Kier molecular flexibility index (Phi) is 4.32. The highest BCUT2D eigenvalue weighted by atomic mass is 16.3. The van der Waals surface area contributed by atoms with Crippen LogP contribution < -0.4 is 15.5 Å². The van der Waals surface area contributed by atoms with Gasteiger partial charge >= 0.3 is 6.03 Å². The number of nitrogens with one attached hydrogen (secondary N) is 2. The Morgan fingerprint density at radius 3 is 2.87 bits per heavy atom. The van der Waals surface area contributed by atoms with Gasteiger partial charge in [-0.1, -0.05) is 18.2 Å². The van der Waals surface area contributed by atoms with Crippen molar-refractivity contribution in [3.63, 3.8) is 0 Å². The summed E-state index contributed by atoms with van der Waals surface area (Å²) in [5.74, 6) is 0.552. The Balaban J connectivity index is 1.51. The number of fused-ring (bicyclic) bond motifs is 1. The first-order chi connectivity index (χ1) is 11.1. The number of rotatable bonds is 4. The van der Waals surface area contributed by atoms with E-state index in [-0.39, 0.29) is 18.5 Å². The van der Waals surface area contributed by atoms with Gasteiger partial charge in [-0.2, -0.15) is 0 Å². The standard InChI is InChI=1S/C17H19N3O3/c1-12(15-7-4-10-23-15)19-17(22)18-11-16(21)20-9-8-13-5-2-3-6-14(13)20/h2-7,10,12H,8-9,11H2,1H3,(H2,18,19,22). The summed E-state index contributed by atoms with van der Waals surface area (Å²) in [6.45, 7) is 2.44. The molecule has 0 bridgehead atoms. The molecule has 3 rings (SSSR count). The second-order valence-corrected chi connectivity index (χ2v) is 5.49. The highest BCUT2D eigenvalue weighted by molar-refractivity contribution is 5.98. The Hall–Kier alpha value is -2.76. The van der Waals surface area contributed by atoms with Crippen LogP contribution in [0, 0.1) is 0 Å². The summed E-state index contributed by atoms with van der Waals surface area (Å²) < 4.78 is 5.22. The number of amides is 3. The minimum absolute atomic E-state index is 0.0367. The van der Waals surface area contributed by atoms with Crippen molar-refractivity contribution in [2.24, 2.45) is 0 Å². The van der Waals surface area contributed by atoms with Gasteiger partial charge in [0.25, 0.3) is 0 Å². The van der Waals surface area contributed by atoms with E-state index in [1.165, 1.54) is 0 Å². The van der Waals surface area contributed by atoms with Crippen molar-refractivity contribution in [3.05, 3.63) is 54.0 Å². The molecule has 1 atom stereocenters. The lowest BCUT2D eigenvalue weighted by molar-refractivity contribution is -0.117. The average Bonchev–Trinajstić information content (AvgIpc) is 3.22. The van der Waals surface area contributed by atoms with Crippen molar-refractivity contribution >= 4 is 17.6 Å². The third-order valence-corrected chi connectivity index (χ3v) is 3.91. The van der Waals surface area contributed by atoms with E-state index in [4.69, 9.17) is 4.42 Å². The molecule has 0 aliphatic carbocycles. The summed E-state index contributed by atoms with van der Waals surface area (Å²) in [6.07, 6.45) is 2.41. The fourth-order valence-corrected chi connectivity index (χ4v) is 2.71. The van der Waals surface area contributed by atoms with E-state index in [1.54, 1.807) is 23.3 Å². The van der Waals surface area contributed by atoms with Crippen LogP contribution in [-0.4, -0.2) is 25.0 Å². The smallest absolute Gasteiger partial charge is 0.315 e. The van der Waals surface area contributed by atoms with Crippen LogP contribution in [0.3, 0.4) is 0 Å². The Labute approximate surface area is 134 Å². The van der Waals surface area contributed by atoms with Crippen LogP contribution in [0.4, 0.5) is 10.5 Å². The summed E-state index contributed by atoms with van der Waals surface area (Å²) in [7, 11) is 0. The highest BCUT2D eigenvalue weighted by Gasteiger charge is 2.24. The SMILES string of the molecule is CC(NC(=O)NCC(=O)N1CCc2ccccc21)c1ccco1. The molecule has 0 fully saturated rings. The van der Waals surface area contributed by atoms with Crippen LogP contribution in [0.5, 0.6) is 0 Å². The van der Waals surface area contributed by atoms with Crippen molar-refractivity contribution in [1.82, 2.24) is 10.6 Å². The molecule has 1 aromatic heterocycles. The second kappa shape index (κ2) is 6.56. The topological polar surface area (TPSA) is 74.6 Å². The van der Waals surface area contributed by atoms with Gasteiger partial charge in [0.1, 0.15) is 5.76 Å². The molecule has 120 valence electrons. The van der Waals surface area contributed by atoms with Crippen LogP contribution in [-0.2, 0) is 11.2 Å². The van der Waals surface area contributed by atoms with E-state index in [0.717, 1.165) is 17.7 Å². The van der Waals surface area contributed by atoms with Crippen molar-refractivity contribution < 1.29 is 14.0 Å². The minimum Gasteiger partial charge on any atom is -0.467 e. The summed E-state index contributed by atoms with van der Waals surface area (Å²) in [5.41, 5.74) is 2.10. The van der Waals surface area contributed by atoms with Crippen LogP contribution in [0.25, 0.3) is 0 Å². The van der Waals surface area contributed by atoms with E-state index in [1.807, 2.05) is 31.2 Å². The average molecular weight is 313 g/mol. The molecule has 1 unspecified atom stereocenters. The number of urea groups is 1. The molecule has 23 heavy (non-hydrogen) atoms.